The Bertz CT molecular complexity index is 861. The fraction of sp³-hybridized carbons (Fsp3) is 0.105. The summed E-state index contributed by atoms with van der Waals surface area (Å²) in [5.41, 5.74) is 15.6. The molecule has 0 aliphatic carbocycles. The zero-order valence-corrected chi connectivity index (χ0v) is 13.6. The van der Waals surface area contributed by atoms with Crippen molar-refractivity contribution in [1.82, 2.24) is 4.98 Å². The number of ether oxygens (including phenoxy) is 2. The SMILES string of the molecule is COc1ccc(-c2ccc(-c3ccc(N)nc3N)cc2)cc1OC. The molecule has 0 spiro atoms. The van der Waals surface area contributed by atoms with Gasteiger partial charge in [0.2, 0.25) is 0 Å². The first-order valence-corrected chi connectivity index (χ1v) is 7.47. The second-order valence-corrected chi connectivity index (χ2v) is 5.32. The molecule has 0 aliphatic heterocycles. The van der Waals surface area contributed by atoms with Crippen LogP contribution in [-0.4, -0.2) is 19.2 Å². The van der Waals surface area contributed by atoms with Gasteiger partial charge in [0.25, 0.3) is 0 Å². The summed E-state index contributed by atoms with van der Waals surface area (Å²) in [6.07, 6.45) is 0. The molecule has 0 aliphatic rings. The molecule has 5 heteroatoms. The summed E-state index contributed by atoms with van der Waals surface area (Å²) in [4.78, 5) is 4.10. The van der Waals surface area contributed by atoms with Crippen LogP contribution in [0.3, 0.4) is 0 Å². The zero-order chi connectivity index (χ0) is 17.1. The van der Waals surface area contributed by atoms with Crippen LogP contribution in [0.15, 0.2) is 54.6 Å². The Morgan fingerprint density at radius 3 is 1.96 bits per heavy atom. The van der Waals surface area contributed by atoms with Crippen molar-refractivity contribution in [3.05, 3.63) is 54.6 Å². The first-order valence-electron chi connectivity index (χ1n) is 7.47. The number of aromatic nitrogens is 1. The Morgan fingerprint density at radius 1 is 0.708 bits per heavy atom. The van der Waals surface area contributed by atoms with Crippen LogP contribution in [0.25, 0.3) is 22.3 Å². The molecule has 0 fully saturated rings. The van der Waals surface area contributed by atoms with Crippen LogP contribution in [0.1, 0.15) is 0 Å². The van der Waals surface area contributed by atoms with E-state index in [0.29, 0.717) is 23.1 Å². The molecule has 2 aromatic carbocycles. The molecule has 4 N–H and O–H groups in total. The summed E-state index contributed by atoms with van der Waals surface area (Å²) in [5.74, 6) is 2.25. The van der Waals surface area contributed by atoms with Crippen LogP contribution in [-0.2, 0) is 0 Å². The van der Waals surface area contributed by atoms with Crippen LogP contribution in [0.5, 0.6) is 11.5 Å². The molecule has 0 radical (unpaired) electrons. The minimum Gasteiger partial charge on any atom is -0.493 e. The molecule has 122 valence electrons. The fourth-order valence-electron chi connectivity index (χ4n) is 2.59. The van der Waals surface area contributed by atoms with Crippen molar-refractivity contribution in [2.75, 3.05) is 25.7 Å². The Balaban J connectivity index is 1.95. The van der Waals surface area contributed by atoms with Crippen LogP contribution >= 0.6 is 0 Å². The lowest BCUT2D eigenvalue weighted by molar-refractivity contribution is 0.355. The Kier molecular flexibility index (Phi) is 4.24. The van der Waals surface area contributed by atoms with E-state index in [1.54, 1.807) is 20.3 Å². The molecule has 0 bridgehead atoms. The molecular formula is C19H19N3O2. The van der Waals surface area contributed by atoms with E-state index < -0.39 is 0 Å². The van der Waals surface area contributed by atoms with Crippen molar-refractivity contribution in [1.29, 1.82) is 0 Å². The van der Waals surface area contributed by atoms with Crippen LogP contribution in [0.2, 0.25) is 0 Å². The maximum atomic E-state index is 5.95. The van der Waals surface area contributed by atoms with E-state index in [0.717, 1.165) is 22.3 Å². The molecule has 0 saturated heterocycles. The number of methoxy groups -OCH3 is 2. The first kappa shape index (κ1) is 15.7. The molecule has 24 heavy (non-hydrogen) atoms. The van der Waals surface area contributed by atoms with Gasteiger partial charge < -0.3 is 20.9 Å². The molecule has 5 nitrogen and oxygen atoms in total. The van der Waals surface area contributed by atoms with E-state index in [4.69, 9.17) is 20.9 Å². The lowest BCUT2D eigenvalue weighted by atomic mass is 10.0. The monoisotopic (exact) mass is 321 g/mol. The molecule has 0 atom stereocenters. The number of hydrogen-bond acceptors (Lipinski definition) is 5. The van der Waals surface area contributed by atoms with Crippen molar-refractivity contribution >= 4 is 11.6 Å². The molecule has 0 unspecified atom stereocenters. The number of hydrogen-bond donors (Lipinski definition) is 2. The van der Waals surface area contributed by atoms with Gasteiger partial charge in [0.1, 0.15) is 11.6 Å². The van der Waals surface area contributed by atoms with Gasteiger partial charge in [-0.3, -0.25) is 0 Å². The van der Waals surface area contributed by atoms with Crippen molar-refractivity contribution in [3.63, 3.8) is 0 Å². The Labute approximate surface area is 140 Å². The first-order chi connectivity index (χ1) is 11.6. The normalized spacial score (nSPS) is 10.4. The third-order valence-corrected chi connectivity index (χ3v) is 3.86. The lowest BCUT2D eigenvalue weighted by Crippen LogP contribution is -1.98. The second-order valence-electron chi connectivity index (χ2n) is 5.32. The average molecular weight is 321 g/mol. The highest BCUT2D eigenvalue weighted by atomic mass is 16.5. The van der Waals surface area contributed by atoms with Gasteiger partial charge in [0.05, 0.1) is 14.2 Å². The van der Waals surface area contributed by atoms with Gasteiger partial charge >= 0.3 is 0 Å². The number of nitrogens with zero attached hydrogens (tertiary/aromatic N) is 1. The number of anilines is 2. The summed E-state index contributed by atoms with van der Waals surface area (Å²) in [6.45, 7) is 0. The van der Waals surface area contributed by atoms with E-state index in [9.17, 15) is 0 Å². The second kappa shape index (κ2) is 6.50. The topological polar surface area (TPSA) is 83.4 Å². The fourth-order valence-corrected chi connectivity index (χ4v) is 2.59. The summed E-state index contributed by atoms with van der Waals surface area (Å²) >= 11 is 0. The highest BCUT2D eigenvalue weighted by molar-refractivity contribution is 5.77. The van der Waals surface area contributed by atoms with Gasteiger partial charge in [0.15, 0.2) is 11.5 Å². The van der Waals surface area contributed by atoms with Crippen molar-refractivity contribution in [2.45, 2.75) is 0 Å². The van der Waals surface area contributed by atoms with E-state index in [1.165, 1.54) is 0 Å². The summed E-state index contributed by atoms with van der Waals surface area (Å²) in [6, 6.07) is 17.5. The van der Waals surface area contributed by atoms with Crippen LogP contribution in [0.4, 0.5) is 11.6 Å². The van der Waals surface area contributed by atoms with Gasteiger partial charge in [-0.1, -0.05) is 30.3 Å². The minimum absolute atomic E-state index is 0.415. The van der Waals surface area contributed by atoms with Gasteiger partial charge in [-0.25, -0.2) is 4.98 Å². The highest BCUT2D eigenvalue weighted by Gasteiger charge is 2.08. The standard InChI is InChI=1S/C19H19N3O2/c1-23-16-9-7-14(11-17(16)24-2)12-3-5-13(6-4-12)15-8-10-18(20)22-19(15)21/h3-11H,1-2H3,(H4,20,21,22). The number of benzene rings is 2. The predicted octanol–water partition coefficient (Wildman–Crippen LogP) is 3.60. The van der Waals surface area contributed by atoms with Crippen molar-refractivity contribution < 1.29 is 9.47 Å². The Morgan fingerprint density at radius 2 is 1.33 bits per heavy atom. The molecule has 0 saturated carbocycles. The van der Waals surface area contributed by atoms with E-state index in [1.807, 2.05) is 48.5 Å². The number of pyridine rings is 1. The maximum Gasteiger partial charge on any atom is 0.161 e. The lowest BCUT2D eigenvalue weighted by Gasteiger charge is -2.11. The predicted molar refractivity (Wildman–Crippen MR) is 97.0 cm³/mol. The van der Waals surface area contributed by atoms with Crippen LogP contribution < -0.4 is 20.9 Å². The molecule has 1 heterocycles. The van der Waals surface area contributed by atoms with Crippen molar-refractivity contribution in [2.24, 2.45) is 0 Å². The summed E-state index contributed by atoms with van der Waals surface area (Å²) in [5, 5.41) is 0. The molecule has 3 aromatic rings. The molecule has 1 aromatic heterocycles. The highest BCUT2D eigenvalue weighted by Crippen LogP contribution is 2.33. The summed E-state index contributed by atoms with van der Waals surface area (Å²) in [7, 11) is 3.25. The third kappa shape index (κ3) is 2.96. The van der Waals surface area contributed by atoms with E-state index >= 15 is 0 Å². The van der Waals surface area contributed by atoms with Gasteiger partial charge in [-0.2, -0.15) is 0 Å². The zero-order valence-electron chi connectivity index (χ0n) is 13.6. The summed E-state index contributed by atoms with van der Waals surface area (Å²) < 4.78 is 10.6. The molecular weight excluding hydrogens is 302 g/mol. The van der Waals surface area contributed by atoms with Gasteiger partial charge in [-0.05, 0) is 41.0 Å². The third-order valence-electron chi connectivity index (χ3n) is 3.86. The molecule has 3 rings (SSSR count). The quantitative estimate of drug-likeness (QED) is 0.767. The van der Waals surface area contributed by atoms with Crippen molar-refractivity contribution in [3.8, 4) is 33.8 Å². The van der Waals surface area contributed by atoms with Crippen LogP contribution in [0, 0.1) is 0 Å². The maximum absolute atomic E-state index is 5.95. The smallest absolute Gasteiger partial charge is 0.161 e. The van der Waals surface area contributed by atoms with E-state index in [-0.39, 0.29) is 0 Å². The molecule has 0 amide bonds. The average Bonchev–Trinajstić information content (AvgIpc) is 2.61. The van der Waals surface area contributed by atoms with Gasteiger partial charge in [0, 0.05) is 5.56 Å². The van der Waals surface area contributed by atoms with E-state index in [2.05, 4.69) is 4.98 Å². The largest absolute Gasteiger partial charge is 0.493 e. The number of rotatable bonds is 4. The minimum atomic E-state index is 0.415. The van der Waals surface area contributed by atoms with Gasteiger partial charge in [-0.15, -0.1) is 0 Å². The number of nitrogens with two attached hydrogens (primary N) is 2. The Hall–Kier alpha value is -3.21. The number of nitrogen functional groups attached to an aromatic ring is 2.